The number of hydrogen-bond donors (Lipinski definition) is 2. The fraction of sp³-hybridized carbons (Fsp3) is 0.455. The van der Waals surface area contributed by atoms with Gasteiger partial charge in [0, 0.05) is 38.2 Å². The molecule has 1 heterocycles. The summed E-state index contributed by atoms with van der Waals surface area (Å²) in [5.41, 5.74) is 6.72. The smallest absolute Gasteiger partial charge is 0.419 e. The Hall–Kier alpha value is -1.42. The zero-order valence-electron chi connectivity index (χ0n) is 17.5. The van der Waals surface area contributed by atoms with Crippen molar-refractivity contribution in [2.75, 3.05) is 33.3 Å². The van der Waals surface area contributed by atoms with E-state index in [1.807, 2.05) is 24.1 Å². The number of hydrogen-bond acceptors (Lipinski definition) is 3. The molecule has 2 aromatic carbocycles. The van der Waals surface area contributed by atoms with E-state index < -0.39 is 17.6 Å². The lowest BCUT2D eigenvalue weighted by atomic mass is 9.93. The summed E-state index contributed by atoms with van der Waals surface area (Å²) in [5, 5.41) is 12.2. The lowest BCUT2D eigenvalue weighted by Gasteiger charge is -2.29. The molecule has 1 aliphatic rings. The van der Waals surface area contributed by atoms with E-state index >= 15 is 0 Å². The van der Waals surface area contributed by atoms with Gasteiger partial charge in [0.2, 0.25) is 0 Å². The SMILES string of the molecule is CN(Cc1ccc(C(F)(F)F)c(F)c1)C1CNCC1c1ccc(Cl)c(Cl)c1.[NH-]CCCO. The second kappa shape index (κ2) is 12.2. The summed E-state index contributed by atoms with van der Waals surface area (Å²) in [7, 11) is 1.87. The fourth-order valence-corrected chi connectivity index (χ4v) is 3.89. The average Bonchev–Trinajstić information content (AvgIpc) is 3.20. The van der Waals surface area contributed by atoms with Gasteiger partial charge in [-0.3, -0.25) is 4.90 Å². The first kappa shape index (κ1) is 26.8. The molecular weight excluding hydrogens is 469 g/mol. The molecule has 2 unspecified atom stereocenters. The second-order valence-electron chi connectivity index (χ2n) is 7.56. The normalized spacial score (nSPS) is 18.6. The van der Waals surface area contributed by atoms with Crippen molar-refractivity contribution < 1.29 is 22.7 Å². The Kier molecular flexibility index (Phi) is 10.2. The van der Waals surface area contributed by atoms with Crippen LogP contribution in [0.2, 0.25) is 10.0 Å². The lowest BCUT2D eigenvalue weighted by Crippen LogP contribution is -2.36. The van der Waals surface area contributed by atoms with Crippen LogP contribution in [0.5, 0.6) is 0 Å². The van der Waals surface area contributed by atoms with Gasteiger partial charge in [-0.15, -0.1) is 6.54 Å². The van der Waals surface area contributed by atoms with Crippen LogP contribution in [0.15, 0.2) is 36.4 Å². The Morgan fingerprint density at radius 1 is 1.12 bits per heavy atom. The molecule has 32 heavy (non-hydrogen) atoms. The maximum atomic E-state index is 13.8. The van der Waals surface area contributed by atoms with Gasteiger partial charge in [0.15, 0.2) is 0 Å². The van der Waals surface area contributed by atoms with Crippen LogP contribution in [-0.2, 0) is 12.7 Å². The van der Waals surface area contributed by atoms with Crippen molar-refractivity contribution in [1.82, 2.24) is 10.2 Å². The number of aliphatic hydroxyl groups excluding tert-OH is 1. The Morgan fingerprint density at radius 3 is 2.38 bits per heavy atom. The van der Waals surface area contributed by atoms with E-state index in [1.165, 1.54) is 6.07 Å². The Morgan fingerprint density at radius 2 is 1.84 bits per heavy atom. The van der Waals surface area contributed by atoms with E-state index in [-0.39, 0.29) is 18.6 Å². The van der Waals surface area contributed by atoms with E-state index in [4.69, 9.17) is 34.0 Å². The minimum absolute atomic E-state index is 0.0904. The number of halogens is 6. The van der Waals surface area contributed by atoms with Crippen LogP contribution in [0.1, 0.15) is 29.0 Å². The molecule has 2 aromatic rings. The molecule has 0 aliphatic carbocycles. The average molecular weight is 495 g/mol. The molecule has 1 fully saturated rings. The quantitative estimate of drug-likeness (QED) is 0.501. The number of nitrogens with one attached hydrogen (secondary N) is 2. The van der Waals surface area contributed by atoms with Crippen molar-refractivity contribution in [2.45, 2.75) is 31.1 Å². The summed E-state index contributed by atoms with van der Waals surface area (Å²) in [6, 6.07) is 8.66. The highest BCUT2D eigenvalue weighted by atomic mass is 35.5. The molecular formula is C22H26Cl2F4N3O-. The van der Waals surface area contributed by atoms with Gasteiger partial charge in [-0.25, -0.2) is 4.39 Å². The van der Waals surface area contributed by atoms with Crippen LogP contribution >= 0.6 is 23.2 Å². The summed E-state index contributed by atoms with van der Waals surface area (Å²) >= 11 is 12.1. The first-order valence-corrected chi connectivity index (χ1v) is 10.8. The molecule has 4 nitrogen and oxygen atoms in total. The summed E-state index contributed by atoms with van der Waals surface area (Å²) in [6.07, 6.45) is -4.08. The van der Waals surface area contributed by atoms with Crippen molar-refractivity contribution in [3.05, 3.63) is 74.7 Å². The molecule has 3 rings (SSSR count). The first-order chi connectivity index (χ1) is 15.1. The van der Waals surface area contributed by atoms with Crippen molar-refractivity contribution in [1.29, 1.82) is 0 Å². The van der Waals surface area contributed by atoms with Crippen molar-refractivity contribution in [3.63, 3.8) is 0 Å². The zero-order chi connectivity index (χ0) is 23.9. The van der Waals surface area contributed by atoms with Gasteiger partial charge >= 0.3 is 6.18 Å². The minimum atomic E-state index is -4.69. The molecule has 3 N–H and O–H groups in total. The summed E-state index contributed by atoms with van der Waals surface area (Å²) in [6.45, 7) is 2.29. The molecule has 0 bridgehead atoms. The maximum absolute atomic E-state index is 13.8. The molecule has 1 aliphatic heterocycles. The van der Waals surface area contributed by atoms with E-state index in [0.717, 1.165) is 24.2 Å². The molecule has 10 heteroatoms. The summed E-state index contributed by atoms with van der Waals surface area (Å²) in [5.74, 6) is -1.11. The molecule has 2 atom stereocenters. The number of likely N-dealkylation sites (N-methyl/N-ethyl adjacent to an activating group) is 1. The number of nitrogens with zero attached hydrogens (tertiary/aromatic N) is 1. The molecule has 0 radical (unpaired) electrons. The molecule has 0 saturated carbocycles. The second-order valence-corrected chi connectivity index (χ2v) is 8.37. The van der Waals surface area contributed by atoms with Crippen LogP contribution < -0.4 is 5.32 Å². The third-order valence-electron chi connectivity index (χ3n) is 5.23. The standard InChI is InChI=1S/C19H18Cl2F4N2.C3H8NO/c1-27(10-11-2-4-14(17(22)6-11)19(23,24)25)18-9-26-8-13(18)12-3-5-15(20)16(21)7-12;4-2-1-3-5/h2-7,13,18,26H,8-10H2,1H3;4-5H,1-3H2/q;-1. The highest BCUT2D eigenvalue weighted by molar-refractivity contribution is 6.42. The number of aliphatic hydroxyl groups is 1. The van der Waals surface area contributed by atoms with E-state index in [0.29, 0.717) is 41.7 Å². The summed E-state index contributed by atoms with van der Waals surface area (Å²) in [4.78, 5) is 2.01. The van der Waals surface area contributed by atoms with Gasteiger partial charge in [-0.2, -0.15) is 13.2 Å². The van der Waals surface area contributed by atoms with Crippen LogP contribution in [0.25, 0.3) is 5.73 Å². The molecule has 0 spiro atoms. The highest BCUT2D eigenvalue weighted by Crippen LogP contribution is 2.33. The maximum Gasteiger partial charge on any atom is 0.419 e. The van der Waals surface area contributed by atoms with Crippen molar-refractivity contribution in [3.8, 4) is 0 Å². The zero-order valence-corrected chi connectivity index (χ0v) is 19.0. The molecule has 1 saturated heterocycles. The Balaban J connectivity index is 0.000000654. The number of rotatable bonds is 6. The third kappa shape index (κ3) is 7.30. The predicted octanol–water partition coefficient (Wildman–Crippen LogP) is 5.76. The Labute approximate surface area is 195 Å². The number of alkyl halides is 3. The molecule has 0 amide bonds. The fourth-order valence-electron chi connectivity index (χ4n) is 3.58. The van der Waals surface area contributed by atoms with Crippen LogP contribution in [-0.4, -0.2) is 49.3 Å². The molecule has 178 valence electrons. The van der Waals surface area contributed by atoms with E-state index in [1.54, 1.807) is 6.07 Å². The van der Waals surface area contributed by atoms with Crippen molar-refractivity contribution in [2.24, 2.45) is 0 Å². The van der Waals surface area contributed by atoms with Crippen molar-refractivity contribution >= 4 is 23.2 Å². The van der Waals surface area contributed by atoms with E-state index in [9.17, 15) is 17.6 Å². The van der Waals surface area contributed by atoms with Gasteiger partial charge < -0.3 is 16.2 Å². The lowest BCUT2D eigenvalue weighted by molar-refractivity contribution is -0.140. The van der Waals surface area contributed by atoms with Gasteiger partial charge in [0.05, 0.1) is 15.6 Å². The van der Waals surface area contributed by atoms with Gasteiger partial charge in [0.1, 0.15) is 5.82 Å². The third-order valence-corrected chi connectivity index (χ3v) is 5.96. The first-order valence-electron chi connectivity index (χ1n) is 10.1. The van der Waals surface area contributed by atoms with Crippen LogP contribution in [0, 0.1) is 5.82 Å². The van der Waals surface area contributed by atoms with Crippen LogP contribution in [0.3, 0.4) is 0 Å². The predicted molar refractivity (Wildman–Crippen MR) is 120 cm³/mol. The minimum Gasteiger partial charge on any atom is -0.677 e. The summed E-state index contributed by atoms with van der Waals surface area (Å²) < 4.78 is 51.9. The van der Waals surface area contributed by atoms with E-state index in [2.05, 4.69) is 5.32 Å². The van der Waals surface area contributed by atoms with Gasteiger partial charge in [-0.05, 0) is 48.9 Å². The van der Waals surface area contributed by atoms with Gasteiger partial charge in [-0.1, -0.05) is 35.3 Å². The molecule has 0 aromatic heterocycles. The van der Waals surface area contributed by atoms with Crippen LogP contribution in [0.4, 0.5) is 17.6 Å². The van der Waals surface area contributed by atoms with Gasteiger partial charge in [0.25, 0.3) is 0 Å². The monoisotopic (exact) mass is 494 g/mol. The number of benzene rings is 2. The Bertz CT molecular complexity index is 881. The topological polar surface area (TPSA) is 59.3 Å². The largest absolute Gasteiger partial charge is 0.677 e. The highest BCUT2D eigenvalue weighted by Gasteiger charge is 2.35.